The van der Waals surface area contributed by atoms with Crippen molar-refractivity contribution in [1.82, 2.24) is 0 Å². The quantitative estimate of drug-likeness (QED) is 0.382. The van der Waals surface area contributed by atoms with Gasteiger partial charge in [0.25, 0.3) is 0 Å². The Hall–Kier alpha value is -0.895. The van der Waals surface area contributed by atoms with E-state index in [1.165, 1.54) is 0 Å². The van der Waals surface area contributed by atoms with Gasteiger partial charge in [0.15, 0.2) is 0 Å². The van der Waals surface area contributed by atoms with Gasteiger partial charge in [-0.3, -0.25) is 0 Å². The van der Waals surface area contributed by atoms with E-state index in [4.69, 9.17) is 10.8 Å². The van der Waals surface area contributed by atoms with Gasteiger partial charge in [0.2, 0.25) is 0 Å². The van der Waals surface area contributed by atoms with Gasteiger partial charge in [-0.1, -0.05) is 0 Å². The molecule has 3 nitrogen and oxygen atoms in total. The molecule has 4 heteroatoms. The molecule has 1 heterocycles. The molecule has 0 unspecified atom stereocenters. The molecule has 0 radical (unpaired) electrons. The second-order valence-electron chi connectivity index (χ2n) is 2.43. The molecular weight excluding hydrogens is 139 g/mol. The molecule has 1 rings (SSSR count). The Morgan fingerprint density at radius 1 is 1.73 bits per heavy atom. The van der Waals surface area contributed by atoms with Crippen LogP contribution in [0, 0.1) is 0 Å². The molecule has 3 N–H and O–H groups in total. The van der Waals surface area contributed by atoms with Gasteiger partial charge < -0.3 is 0 Å². The van der Waals surface area contributed by atoms with Crippen molar-refractivity contribution in [2.24, 2.45) is 5.73 Å². The molecule has 0 aliphatic carbocycles. The van der Waals surface area contributed by atoms with Crippen molar-refractivity contribution in [3.05, 3.63) is 12.3 Å². The van der Waals surface area contributed by atoms with Gasteiger partial charge in [-0.25, -0.2) is 0 Å². The van der Waals surface area contributed by atoms with Crippen LogP contribution in [0.1, 0.15) is 6.42 Å². The molecule has 0 bridgehead atoms. The van der Waals surface area contributed by atoms with Crippen molar-refractivity contribution in [3.8, 4) is 0 Å². The Labute approximate surface area is 66.8 Å². The minimum absolute atomic E-state index is 0.652. The van der Waals surface area contributed by atoms with E-state index >= 15 is 0 Å². The molecule has 1 aliphatic heterocycles. The molecule has 0 saturated carbocycles. The summed E-state index contributed by atoms with van der Waals surface area (Å²) in [5.74, 6) is 0. The van der Waals surface area contributed by atoms with Crippen LogP contribution < -0.4 is 5.73 Å². The van der Waals surface area contributed by atoms with Crippen LogP contribution in [-0.4, -0.2) is 41.5 Å². The van der Waals surface area contributed by atoms with Gasteiger partial charge in [-0.2, -0.15) is 0 Å². The van der Waals surface area contributed by atoms with Gasteiger partial charge in [-0.15, -0.1) is 0 Å². The summed E-state index contributed by atoms with van der Waals surface area (Å²) >= 11 is 0. The average molecular weight is 151 g/mol. The van der Waals surface area contributed by atoms with Crippen LogP contribution in [0.5, 0.6) is 0 Å². The average Bonchev–Trinajstić information content (AvgIpc) is 2.07. The summed E-state index contributed by atoms with van der Waals surface area (Å²) in [7, 11) is 1.13. The van der Waals surface area contributed by atoms with Crippen LogP contribution >= 0.6 is 0 Å². The maximum absolute atomic E-state index is 8.63. The summed E-state index contributed by atoms with van der Waals surface area (Å²) in [6.07, 6.45) is 6.59. The van der Waals surface area contributed by atoms with Crippen LogP contribution in [0.3, 0.4) is 0 Å². The third kappa shape index (κ3) is 2.31. The third-order valence-electron chi connectivity index (χ3n) is 1.59. The van der Waals surface area contributed by atoms with Gasteiger partial charge in [0.1, 0.15) is 0 Å². The van der Waals surface area contributed by atoms with E-state index in [-0.39, 0.29) is 0 Å². The van der Waals surface area contributed by atoms with E-state index in [0.29, 0.717) is 6.54 Å². The monoisotopic (exact) mass is 151 g/mol. The molecule has 0 saturated heterocycles. The summed E-state index contributed by atoms with van der Waals surface area (Å²) in [6, 6.07) is 0. The molecule has 0 atom stereocenters. The summed E-state index contributed by atoms with van der Waals surface area (Å²) in [5.41, 5.74) is 6.30. The van der Waals surface area contributed by atoms with Crippen molar-refractivity contribution in [2.45, 2.75) is 6.42 Å². The first-order valence-corrected chi connectivity index (χ1v) is 3.67. The predicted octanol–water partition coefficient (Wildman–Crippen LogP) is -1.27. The second-order valence-corrected chi connectivity index (χ2v) is 2.43. The fourth-order valence-electron chi connectivity index (χ4n) is 0.954. The van der Waals surface area contributed by atoms with Crippen molar-refractivity contribution in [1.29, 1.82) is 0 Å². The van der Waals surface area contributed by atoms with E-state index < -0.39 is 0 Å². The first-order valence-electron chi connectivity index (χ1n) is 3.67. The normalized spacial score (nSPS) is 19.7. The fraction of sp³-hybridized carbons (Fsp3) is 0.429. The first-order chi connectivity index (χ1) is 5.36. The maximum atomic E-state index is 8.63. The minimum atomic E-state index is 0.652. The summed E-state index contributed by atoms with van der Waals surface area (Å²) < 4.78 is 2.02. The SMILES string of the molecule is NCC[N+]1=CCC(=BO)C=C1. The second kappa shape index (κ2) is 4.08. The zero-order chi connectivity index (χ0) is 8.10. The van der Waals surface area contributed by atoms with E-state index in [1.807, 2.05) is 23.1 Å². The summed E-state index contributed by atoms with van der Waals surface area (Å²) in [4.78, 5) is 0. The molecule has 0 aromatic carbocycles. The molecule has 0 amide bonds. The molecular formula is C7H12BN2O+. The van der Waals surface area contributed by atoms with E-state index in [2.05, 4.69) is 0 Å². The third-order valence-corrected chi connectivity index (χ3v) is 1.59. The van der Waals surface area contributed by atoms with Crippen molar-refractivity contribution >= 4 is 18.8 Å². The number of rotatable bonds is 2. The molecule has 0 aromatic heterocycles. The Morgan fingerprint density at radius 3 is 3.00 bits per heavy atom. The molecule has 0 spiro atoms. The molecule has 58 valence electrons. The van der Waals surface area contributed by atoms with Gasteiger partial charge in [0, 0.05) is 0 Å². The number of hydrogen-bond acceptors (Lipinski definition) is 2. The van der Waals surface area contributed by atoms with Crippen LogP contribution in [0.15, 0.2) is 12.3 Å². The van der Waals surface area contributed by atoms with Gasteiger partial charge >= 0.3 is 65.9 Å². The van der Waals surface area contributed by atoms with Gasteiger partial charge in [-0.05, 0) is 0 Å². The first kappa shape index (κ1) is 8.20. The van der Waals surface area contributed by atoms with E-state index in [0.717, 1.165) is 25.6 Å². The summed E-state index contributed by atoms with van der Waals surface area (Å²) in [6.45, 7) is 1.49. The Morgan fingerprint density at radius 2 is 2.55 bits per heavy atom. The van der Waals surface area contributed by atoms with Crippen molar-refractivity contribution in [2.75, 3.05) is 13.1 Å². The Bertz CT molecular complexity index is 220. The number of allylic oxidation sites excluding steroid dienone is 1. The predicted molar refractivity (Wildman–Crippen MR) is 47.0 cm³/mol. The molecule has 0 fully saturated rings. The fourth-order valence-corrected chi connectivity index (χ4v) is 0.954. The van der Waals surface area contributed by atoms with Crippen molar-refractivity contribution < 1.29 is 9.60 Å². The van der Waals surface area contributed by atoms with E-state index in [9.17, 15) is 0 Å². The van der Waals surface area contributed by atoms with E-state index in [1.54, 1.807) is 0 Å². The molecule has 11 heavy (non-hydrogen) atoms. The zero-order valence-corrected chi connectivity index (χ0v) is 6.40. The summed E-state index contributed by atoms with van der Waals surface area (Å²) in [5, 5.41) is 8.63. The Kier molecular flexibility index (Phi) is 3.04. The number of nitrogens with two attached hydrogens (primary N) is 1. The molecule has 0 aromatic rings. The van der Waals surface area contributed by atoms with Crippen molar-refractivity contribution in [3.63, 3.8) is 0 Å². The van der Waals surface area contributed by atoms with Gasteiger partial charge in [0.05, 0.1) is 0 Å². The van der Waals surface area contributed by atoms with Crippen LogP contribution in [-0.2, 0) is 0 Å². The van der Waals surface area contributed by atoms with Crippen LogP contribution in [0.25, 0.3) is 0 Å². The zero-order valence-electron chi connectivity index (χ0n) is 6.40. The standard InChI is InChI=1S/C7H12BN2O/c9-3-6-10-4-1-7(8-11)2-5-10/h1,4-5,11H,2-3,6,9H2/q+1. The van der Waals surface area contributed by atoms with Crippen LogP contribution in [0.4, 0.5) is 0 Å². The van der Waals surface area contributed by atoms with Crippen LogP contribution in [0.2, 0.25) is 0 Å². The topological polar surface area (TPSA) is 49.3 Å². The molecule has 1 aliphatic rings. The number of nitrogens with zero attached hydrogens (tertiary/aromatic N) is 1. The Balaban J connectivity index is 2.53. The number of hydrogen-bond donors (Lipinski definition) is 2.